The summed E-state index contributed by atoms with van der Waals surface area (Å²) in [4.78, 5) is 12.8. The number of hydrogen-bond acceptors (Lipinski definition) is 4. The van der Waals surface area contributed by atoms with E-state index in [4.69, 9.17) is 10.5 Å². The molecule has 2 aromatic rings. The molecule has 2 N–H and O–H groups in total. The van der Waals surface area contributed by atoms with Crippen LogP contribution in [0.15, 0.2) is 53.4 Å². The van der Waals surface area contributed by atoms with Gasteiger partial charge in [0.2, 0.25) is 0 Å². The lowest BCUT2D eigenvalue weighted by Gasteiger charge is -2.08. The van der Waals surface area contributed by atoms with Crippen LogP contribution in [0, 0.1) is 0 Å². The number of para-hydroxylation sites is 1. The molecule has 0 radical (unpaired) electrons. The molecule has 0 fully saturated rings. The molecule has 0 aliphatic heterocycles. The van der Waals surface area contributed by atoms with Crippen molar-refractivity contribution in [1.82, 2.24) is 0 Å². The summed E-state index contributed by atoms with van der Waals surface area (Å²) in [6, 6.07) is 15.3. The molecule has 0 aliphatic rings. The molecule has 0 spiro atoms. The average Bonchev–Trinajstić information content (AvgIpc) is 2.46. The van der Waals surface area contributed by atoms with E-state index in [1.165, 1.54) is 0 Å². The van der Waals surface area contributed by atoms with Gasteiger partial charge in [0.15, 0.2) is 0 Å². The predicted molar refractivity (Wildman–Crippen MR) is 87.4 cm³/mol. The molecule has 0 amide bonds. The highest BCUT2D eigenvalue weighted by atomic mass is 32.2. The summed E-state index contributed by atoms with van der Waals surface area (Å²) < 4.78 is 5.16. The van der Waals surface area contributed by atoms with Gasteiger partial charge in [-0.3, -0.25) is 0 Å². The Kier molecular flexibility index (Phi) is 5.28. The Morgan fingerprint density at radius 1 is 1.14 bits per heavy atom. The van der Waals surface area contributed by atoms with Crippen LogP contribution in [-0.4, -0.2) is 12.1 Å². The van der Waals surface area contributed by atoms with Gasteiger partial charge in [0.05, 0.1) is 11.7 Å². The number of carbonyl (C=O) groups is 1. The van der Waals surface area contributed by atoms with E-state index in [0.29, 0.717) is 5.56 Å². The molecule has 4 heteroatoms. The molecule has 110 valence electrons. The van der Waals surface area contributed by atoms with Gasteiger partial charge in [0, 0.05) is 16.3 Å². The van der Waals surface area contributed by atoms with E-state index < -0.39 is 0 Å². The van der Waals surface area contributed by atoms with Crippen LogP contribution in [-0.2, 0) is 10.5 Å². The molecule has 0 aliphatic carbocycles. The van der Waals surface area contributed by atoms with Gasteiger partial charge in [-0.05, 0) is 43.7 Å². The fourth-order valence-electron chi connectivity index (χ4n) is 1.79. The Labute approximate surface area is 129 Å². The first-order chi connectivity index (χ1) is 10.1. The molecule has 0 bridgehead atoms. The zero-order valence-electron chi connectivity index (χ0n) is 12.2. The first kappa shape index (κ1) is 15.4. The lowest BCUT2D eigenvalue weighted by molar-refractivity contribution is 0.0378. The molecular formula is C17H19NO2S. The van der Waals surface area contributed by atoms with Crippen LogP contribution in [0.1, 0.15) is 29.8 Å². The molecule has 3 nitrogen and oxygen atoms in total. The molecule has 0 heterocycles. The van der Waals surface area contributed by atoms with E-state index in [1.54, 1.807) is 23.9 Å². The summed E-state index contributed by atoms with van der Waals surface area (Å²) in [5.74, 6) is 0.532. The van der Waals surface area contributed by atoms with Crippen LogP contribution in [0.2, 0.25) is 0 Å². The van der Waals surface area contributed by atoms with Crippen molar-refractivity contribution in [2.24, 2.45) is 0 Å². The van der Waals surface area contributed by atoms with Crippen LogP contribution >= 0.6 is 11.8 Å². The summed E-state index contributed by atoms with van der Waals surface area (Å²) in [6.07, 6.45) is -0.103. The van der Waals surface area contributed by atoms with E-state index in [-0.39, 0.29) is 12.1 Å². The highest BCUT2D eigenvalue weighted by Crippen LogP contribution is 2.27. The molecule has 0 saturated heterocycles. The second kappa shape index (κ2) is 7.18. The fraction of sp³-hybridized carbons (Fsp3) is 0.235. The number of anilines is 1. The van der Waals surface area contributed by atoms with Crippen molar-refractivity contribution >= 4 is 23.4 Å². The third-order valence-electron chi connectivity index (χ3n) is 2.85. The van der Waals surface area contributed by atoms with Gasteiger partial charge in [-0.2, -0.15) is 0 Å². The van der Waals surface area contributed by atoms with Crippen LogP contribution in [0.3, 0.4) is 0 Å². The third kappa shape index (κ3) is 4.53. The van der Waals surface area contributed by atoms with Gasteiger partial charge in [0.1, 0.15) is 0 Å². The maximum atomic E-state index is 11.7. The molecule has 0 saturated carbocycles. The van der Waals surface area contributed by atoms with Crippen LogP contribution in [0.5, 0.6) is 0 Å². The number of ether oxygens (including phenoxy) is 1. The topological polar surface area (TPSA) is 52.3 Å². The van der Waals surface area contributed by atoms with E-state index >= 15 is 0 Å². The van der Waals surface area contributed by atoms with E-state index in [1.807, 2.05) is 50.2 Å². The smallest absolute Gasteiger partial charge is 0.338 e. The summed E-state index contributed by atoms with van der Waals surface area (Å²) in [5.41, 5.74) is 8.43. The second-order valence-electron chi connectivity index (χ2n) is 4.98. The number of hydrogen-bond donors (Lipinski definition) is 1. The molecule has 0 aromatic heterocycles. The van der Waals surface area contributed by atoms with Crippen LogP contribution in [0.25, 0.3) is 0 Å². The van der Waals surface area contributed by atoms with Gasteiger partial charge in [-0.15, -0.1) is 11.8 Å². The van der Waals surface area contributed by atoms with Crippen molar-refractivity contribution in [2.45, 2.75) is 30.6 Å². The van der Waals surface area contributed by atoms with Gasteiger partial charge < -0.3 is 10.5 Å². The highest BCUT2D eigenvalue weighted by Gasteiger charge is 2.08. The lowest BCUT2D eigenvalue weighted by Crippen LogP contribution is -2.11. The van der Waals surface area contributed by atoms with E-state index in [9.17, 15) is 4.79 Å². The third-order valence-corrected chi connectivity index (χ3v) is 4.01. The quantitative estimate of drug-likeness (QED) is 0.512. The number of thioether (sulfide) groups is 1. The van der Waals surface area contributed by atoms with Gasteiger partial charge in [-0.1, -0.05) is 24.3 Å². The summed E-state index contributed by atoms with van der Waals surface area (Å²) in [6.45, 7) is 3.68. The molecule has 2 rings (SSSR count). The van der Waals surface area contributed by atoms with Gasteiger partial charge in [-0.25, -0.2) is 4.79 Å². The van der Waals surface area contributed by atoms with Crippen molar-refractivity contribution in [3.8, 4) is 0 Å². The zero-order chi connectivity index (χ0) is 15.2. The van der Waals surface area contributed by atoms with Gasteiger partial charge >= 0.3 is 5.97 Å². The van der Waals surface area contributed by atoms with Crippen molar-refractivity contribution in [3.05, 3.63) is 59.7 Å². The zero-order valence-corrected chi connectivity index (χ0v) is 13.0. The Hall–Kier alpha value is -1.94. The standard InChI is InChI=1S/C17H19NO2S/c1-12(2)20-17(19)14-9-7-13(8-10-14)11-21-16-6-4-3-5-15(16)18/h3-10,12H,11,18H2,1-2H3. The second-order valence-corrected chi connectivity index (χ2v) is 5.99. The minimum atomic E-state index is -0.281. The van der Waals surface area contributed by atoms with Gasteiger partial charge in [0.25, 0.3) is 0 Å². The number of rotatable bonds is 5. The number of benzene rings is 2. The Balaban J connectivity index is 1.97. The lowest BCUT2D eigenvalue weighted by atomic mass is 10.1. The molecule has 21 heavy (non-hydrogen) atoms. The maximum absolute atomic E-state index is 11.7. The number of carbonyl (C=O) groups excluding carboxylic acids is 1. The predicted octanol–water partition coefficient (Wildman–Crippen LogP) is 4.13. The minimum Gasteiger partial charge on any atom is -0.459 e. The minimum absolute atomic E-state index is 0.103. The largest absolute Gasteiger partial charge is 0.459 e. The first-order valence-corrected chi connectivity index (χ1v) is 7.82. The number of esters is 1. The highest BCUT2D eigenvalue weighted by molar-refractivity contribution is 7.98. The van der Waals surface area contributed by atoms with E-state index in [0.717, 1.165) is 21.9 Å². The first-order valence-electron chi connectivity index (χ1n) is 6.83. The molecular weight excluding hydrogens is 282 g/mol. The molecule has 2 aromatic carbocycles. The maximum Gasteiger partial charge on any atom is 0.338 e. The van der Waals surface area contributed by atoms with E-state index in [2.05, 4.69) is 0 Å². The Morgan fingerprint density at radius 3 is 2.43 bits per heavy atom. The van der Waals surface area contributed by atoms with Crippen molar-refractivity contribution in [1.29, 1.82) is 0 Å². The van der Waals surface area contributed by atoms with Crippen LogP contribution < -0.4 is 5.73 Å². The molecule has 0 atom stereocenters. The SMILES string of the molecule is CC(C)OC(=O)c1ccc(CSc2ccccc2N)cc1. The van der Waals surface area contributed by atoms with Crippen molar-refractivity contribution < 1.29 is 9.53 Å². The molecule has 0 unspecified atom stereocenters. The Bertz CT molecular complexity index is 608. The van der Waals surface area contributed by atoms with Crippen molar-refractivity contribution in [3.63, 3.8) is 0 Å². The normalized spacial score (nSPS) is 10.6. The summed E-state index contributed by atoms with van der Waals surface area (Å²) in [7, 11) is 0. The monoisotopic (exact) mass is 301 g/mol. The summed E-state index contributed by atoms with van der Waals surface area (Å²) in [5, 5.41) is 0. The number of nitrogens with two attached hydrogens (primary N) is 1. The van der Waals surface area contributed by atoms with Crippen molar-refractivity contribution in [2.75, 3.05) is 5.73 Å². The Morgan fingerprint density at radius 2 is 1.81 bits per heavy atom. The summed E-state index contributed by atoms with van der Waals surface area (Å²) >= 11 is 1.68. The average molecular weight is 301 g/mol. The number of nitrogen functional groups attached to an aromatic ring is 1. The van der Waals surface area contributed by atoms with Crippen LogP contribution in [0.4, 0.5) is 5.69 Å². The fourth-order valence-corrected chi connectivity index (χ4v) is 2.72.